The van der Waals surface area contributed by atoms with Gasteiger partial charge in [0.1, 0.15) is 0 Å². The predicted octanol–water partition coefficient (Wildman–Crippen LogP) is 12.1. The van der Waals surface area contributed by atoms with E-state index >= 15 is 0 Å². The third-order valence-electron chi connectivity index (χ3n) is 13.8. The number of hydrogen-bond acceptors (Lipinski definition) is 3. The molecule has 0 aromatic heterocycles. The maximum atomic E-state index is 2.84. The highest BCUT2D eigenvalue weighted by atomic mass is 32.2. The van der Waals surface area contributed by atoms with E-state index in [4.69, 9.17) is 0 Å². The van der Waals surface area contributed by atoms with Crippen molar-refractivity contribution in [2.45, 2.75) is 65.7 Å². The van der Waals surface area contributed by atoms with Crippen LogP contribution in [0.2, 0.25) is 0 Å². The highest BCUT2D eigenvalue weighted by molar-refractivity contribution is 8.04. The fourth-order valence-electron chi connectivity index (χ4n) is 11.9. The van der Waals surface area contributed by atoms with Gasteiger partial charge in [-0.05, 0) is 83.7 Å². The molecule has 11 rings (SSSR count). The van der Waals surface area contributed by atoms with Gasteiger partial charge in [0.2, 0.25) is 0 Å². The number of rotatable bonds is 3. The Morgan fingerprint density at radius 3 is 2.48 bits per heavy atom. The molecule has 3 aromatic rings. The molecule has 3 heteroatoms. The van der Waals surface area contributed by atoms with Crippen LogP contribution < -0.4 is 4.90 Å². The summed E-state index contributed by atoms with van der Waals surface area (Å²) in [7, 11) is 0. The zero-order valence-corrected chi connectivity index (χ0v) is 31.1. The number of benzene rings is 3. The molecule has 3 aliphatic heterocycles. The minimum Gasteiger partial charge on any atom is -0.361 e. The summed E-state index contributed by atoms with van der Waals surface area (Å²) in [6, 6.07) is 33.1. The van der Waals surface area contributed by atoms with Crippen molar-refractivity contribution in [2.75, 3.05) is 4.90 Å². The lowest BCUT2D eigenvalue weighted by Gasteiger charge is -2.61. The van der Waals surface area contributed by atoms with Crippen LogP contribution in [0.3, 0.4) is 0 Å². The van der Waals surface area contributed by atoms with Gasteiger partial charge in [0.25, 0.3) is 0 Å². The zero-order valence-electron chi connectivity index (χ0n) is 29.5. The molecule has 2 fully saturated rings. The van der Waals surface area contributed by atoms with Crippen molar-refractivity contribution >= 4 is 29.2 Å². The van der Waals surface area contributed by atoms with Crippen molar-refractivity contribution in [3.63, 3.8) is 0 Å². The Kier molecular flexibility index (Phi) is 7.65. The molecular formula is C49H45NS2. The lowest BCUT2D eigenvalue weighted by molar-refractivity contribution is 0.163. The molecule has 2 saturated heterocycles. The Bertz CT molecular complexity index is 2150. The number of hydrogen-bond donors (Lipinski definition) is 0. The van der Waals surface area contributed by atoms with Gasteiger partial charge in [0, 0.05) is 55.9 Å². The number of para-hydroxylation sites is 1. The second kappa shape index (κ2) is 12.6. The van der Waals surface area contributed by atoms with Gasteiger partial charge in [-0.3, -0.25) is 0 Å². The molecule has 52 heavy (non-hydrogen) atoms. The largest absolute Gasteiger partial charge is 0.361 e. The molecule has 3 aromatic carbocycles. The summed E-state index contributed by atoms with van der Waals surface area (Å²) in [5, 5.41) is 0.451. The summed E-state index contributed by atoms with van der Waals surface area (Å²) in [5.74, 6) is 2.93. The predicted molar refractivity (Wildman–Crippen MR) is 220 cm³/mol. The molecule has 10 unspecified atom stereocenters. The third-order valence-corrected chi connectivity index (χ3v) is 16.4. The number of nitrogens with zero attached hydrogens (tertiary/aromatic N) is 1. The second-order valence-electron chi connectivity index (χ2n) is 16.1. The average molecular weight is 712 g/mol. The highest BCUT2D eigenvalue weighted by Crippen LogP contribution is 2.69. The van der Waals surface area contributed by atoms with Gasteiger partial charge in [0.05, 0.1) is 6.04 Å². The fourth-order valence-corrected chi connectivity index (χ4v) is 14.8. The molecule has 10 atom stereocenters. The van der Waals surface area contributed by atoms with E-state index < -0.39 is 0 Å². The number of thioether (sulfide) groups is 2. The van der Waals surface area contributed by atoms with Gasteiger partial charge in [-0.25, -0.2) is 0 Å². The van der Waals surface area contributed by atoms with E-state index in [0.29, 0.717) is 52.8 Å². The minimum absolute atomic E-state index is 0.0592. The molecule has 0 bridgehead atoms. The normalized spacial score (nSPS) is 36.3. The van der Waals surface area contributed by atoms with Crippen LogP contribution in [0.15, 0.2) is 184 Å². The standard InChI is InChI=1S/C49H45NS2/c1-3-14-32(15-4-1)33-27-29-46-41(31-33)49(39-20-8-11-23-44(39)51-46)40-21-9-12-24-45(40)52-47-25-13-19-36(48(47)49)34-26-28-43-38(30-34)37-18-7-10-22-42(37)50(43)35-16-5-2-6-17-35/h1-18,20,22-25,27,29-30,33,36-38,40,42-43,47-48H,19,21,26,28,31H2. The van der Waals surface area contributed by atoms with Crippen LogP contribution in [-0.4, -0.2) is 17.3 Å². The van der Waals surface area contributed by atoms with Gasteiger partial charge in [-0.15, -0.1) is 11.8 Å². The lowest BCUT2D eigenvalue weighted by Crippen LogP contribution is -2.56. The van der Waals surface area contributed by atoms with E-state index in [-0.39, 0.29) is 5.41 Å². The molecule has 3 heterocycles. The SMILES string of the molecule is C1=CCC2C(=C1)SC1C=CCC(C3=CC4C5C=CC=CC5N(c5ccccc5)C4CC3)C1C21C2=C(C=CC(c3ccccc3)C2)Sc2ccccc21. The maximum absolute atomic E-state index is 2.84. The highest BCUT2D eigenvalue weighted by Gasteiger charge is 2.62. The maximum Gasteiger partial charge on any atom is 0.0548 e. The first-order valence-electron chi connectivity index (χ1n) is 19.6. The van der Waals surface area contributed by atoms with Crippen molar-refractivity contribution in [1.82, 2.24) is 0 Å². The van der Waals surface area contributed by atoms with Gasteiger partial charge in [-0.1, -0.05) is 157 Å². The van der Waals surface area contributed by atoms with Gasteiger partial charge >= 0.3 is 0 Å². The van der Waals surface area contributed by atoms with Crippen molar-refractivity contribution < 1.29 is 0 Å². The van der Waals surface area contributed by atoms with Crippen molar-refractivity contribution in [3.8, 4) is 0 Å². The van der Waals surface area contributed by atoms with E-state index in [1.54, 1.807) is 21.6 Å². The molecule has 5 aliphatic carbocycles. The van der Waals surface area contributed by atoms with Crippen LogP contribution in [0.1, 0.15) is 49.1 Å². The van der Waals surface area contributed by atoms with Crippen LogP contribution in [0.4, 0.5) is 5.69 Å². The van der Waals surface area contributed by atoms with Crippen LogP contribution >= 0.6 is 23.5 Å². The van der Waals surface area contributed by atoms with Crippen LogP contribution in [0.25, 0.3) is 0 Å². The molecule has 8 aliphatic rings. The smallest absolute Gasteiger partial charge is 0.0548 e. The molecule has 0 saturated carbocycles. The Morgan fingerprint density at radius 2 is 1.58 bits per heavy atom. The topological polar surface area (TPSA) is 3.24 Å². The first-order chi connectivity index (χ1) is 25.8. The molecule has 0 amide bonds. The second-order valence-corrected chi connectivity index (χ2v) is 18.4. The van der Waals surface area contributed by atoms with Crippen LogP contribution in [0, 0.1) is 29.6 Å². The van der Waals surface area contributed by atoms with Gasteiger partial charge < -0.3 is 4.90 Å². The van der Waals surface area contributed by atoms with E-state index in [1.807, 2.05) is 11.8 Å². The Hall–Kier alpha value is -3.92. The summed E-state index contributed by atoms with van der Waals surface area (Å²) in [6.07, 6.45) is 35.8. The summed E-state index contributed by atoms with van der Waals surface area (Å²) in [6.45, 7) is 0. The van der Waals surface area contributed by atoms with E-state index in [2.05, 4.69) is 175 Å². The zero-order chi connectivity index (χ0) is 34.2. The summed E-state index contributed by atoms with van der Waals surface area (Å²) in [5.41, 5.74) is 7.84. The Morgan fingerprint density at radius 1 is 0.750 bits per heavy atom. The summed E-state index contributed by atoms with van der Waals surface area (Å²) >= 11 is 4.24. The molecule has 1 spiro atoms. The monoisotopic (exact) mass is 711 g/mol. The minimum atomic E-state index is -0.0592. The van der Waals surface area contributed by atoms with Crippen molar-refractivity contribution in [1.29, 1.82) is 0 Å². The number of allylic oxidation sites excluding steroid dienone is 11. The Labute approximate surface area is 317 Å². The first-order valence-corrected chi connectivity index (χ1v) is 21.3. The first kappa shape index (κ1) is 31.6. The fraction of sp³-hybridized carbons (Fsp3) is 0.306. The molecular weight excluding hydrogens is 667 g/mol. The van der Waals surface area contributed by atoms with E-state index in [9.17, 15) is 0 Å². The number of anilines is 1. The molecule has 1 nitrogen and oxygen atoms in total. The van der Waals surface area contributed by atoms with Crippen LogP contribution in [0.5, 0.6) is 0 Å². The van der Waals surface area contributed by atoms with Crippen molar-refractivity contribution in [2.24, 2.45) is 29.6 Å². The van der Waals surface area contributed by atoms with E-state index in [0.717, 1.165) is 19.3 Å². The van der Waals surface area contributed by atoms with Gasteiger partial charge in [0.15, 0.2) is 0 Å². The molecule has 0 N–H and O–H groups in total. The number of fused-ring (bicyclic) bond motifs is 10. The summed E-state index contributed by atoms with van der Waals surface area (Å²) in [4.78, 5) is 7.38. The molecule has 258 valence electrons. The molecule has 0 radical (unpaired) electrons. The van der Waals surface area contributed by atoms with Crippen LogP contribution in [-0.2, 0) is 5.41 Å². The van der Waals surface area contributed by atoms with Crippen molar-refractivity contribution in [3.05, 3.63) is 190 Å². The average Bonchev–Trinajstić information content (AvgIpc) is 3.55. The third kappa shape index (κ3) is 4.70. The lowest BCUT2D eigenvalue weighted by atomic mass is 9.49. The van der Waals surface area contributed by atoms with Gasteiger partial charge in [-0.2, -0.15) is 0 Å². The van der Waals surface area contributed by atoms with E-state index in [1.165, 1.54) is 33.9 Å². The quantitative estimate of drug-likeness (QED) is 0.249. The Balaban J connectivity index is 1.08. The summed E-state index contributed by atoms with van der Waals surface area (Å²) < 4.78 is 0.